The molecule has 0 spiro atoms. The number of rotatable bonds is 3. The van der Waals surface area contributed by atoms with Crippen LogP contribution in [-0.2, 0) is 0 Å². The zero-order valence-corrected chi connectivity index (χ0v) is 10.7. The van der Waals surface area contributed by atoms with Gasteiger partial charge in [0.15, 0.2) is 5.84 Å². The predicted octanol–water partition coefficient (Wildman–Crippen LogP) is 1.80. The van der Waals surface area contributed by atoms with Gasteiger partial charge in [-0.25, -0.2) is 0 Å². The summed E-state index contributed by atoms with van der Waals surface area (Å²) in [6.45, 7) is 4.43. The summed E-state index contributed by atoms with van der Waals surface area (Å²) in [6, 6.07) is 3.78. The second-order valence-electron chi connectivity index (χ2n) is 4.75. The molecule has 1 atom stereocenters. The highest BCUT2D eigenvalue weighted by atomic mass is 16.4. The average Bonchev–Trinajstić information content (AvgIpc) is 2.46. The van der Waals surface area contributed by atoms with E-state index in [9.17, 15) is 0 Å². The van der Waals surface area contributed by atoms with E-state index in [1.165, 1.54) is 19.3 Å². The zero-order valence-electron chi connectivity index (χ0n) is 10.7. The van der Waals surface area contributed by atoms with Gasteiger partial charge in [-0.15, -0.1) is 0 Å². The summed E-state index contributed by atoms with van der Waals surface area (Å²) in [5, 5.41) is 11.5. The number of anilines is 1. The van der Waals surface area contributed by atoms with Crippen molar-refractivity contribution in [2.24, 2.45) is 16.8 Å². The van der Waals surface area contributed by atoms with Crippen molar-refractivity contribution in [3.8, 4) is 0 Å². The number of amidine groups is 1. The van der Waals surface area contributed by atoms with Gasteiger partial charge < -0.3 is 15.8 Å². The van der Waals surface area contributed by atoms with Gasteiger partial charge in [0.1, 0.15) is 5.69 Å². The number of hydrogen-bond acceptors (Lipinski definition) is 4. The maximum atomic E-state index is 8.59. The third kappa shape index (κ3) is 2.72. The lowest BCUT2D eigenvalue weighted by Gasteiger charge is -2.33. The minimum Gasteiger partial charge on any atom is -0.409 e. The molecule has 1 aliphatic rings. The molecule has 1 saturated heterocycles. The van der Waals surface area contributed by atoms with Gasteiger partial charge in [0.25, 0.3) is 0 Å². The van der Waals surface area contributed by atoms with Crippen LogP contribution in [0.5, 0.6) is 0 Å². The van der Waals surface area contributed by atoms with Crippen LogP contribution >= 0.6 is 0 Å². The second-order valence-corrected chi connectivity index (χ2v) is 4.75. The van der Waals surface area contributed by atoms with Crippen molar-refractivity contribution in [2.45, 2.75) is 26.2 Å². The fourth-order valence-electron chi connectivity index (χ4n) is 2.41. The number of hydrogen-bond donors (Lipinski definition) is 2. The van der Waals surface area contributed by atoms with Gasteiger partial charge in [-0.1, -0.05) is 18.5 Å². The quantitative estimate of drug-likeness (QED) is 0.370. The van der Waals surface area contributed by atoms with E-state index in [0.29, 0.717) is 5.69 Å². The zero-order chi connectivity index (χ0) is 13.0. The van der Waals surface area contributed by atoms with E-state index < -0.39 is 0 Å². The maximum Gasteiger partial charge on any atom is 0.188 e. The number of nitrogens with two attached hydrogens (primary N) is 1. The molecule has 98 valence electrons. The lowest BCUT2D eigenvalue weighted by atomic mass is 9.95. The maximum absolute atomic E-state index is 8.59. The van der Waals surface area contributed by atoms with Crippen molar-refractivity contribution in [2.75, 3.05) is 18.0 Å². The molecule has 1 aromatic rings. The highest BCUT2D eigenvalue weighted by Gasteiger charge is 2.18. The molecule has 0 amide bonds. The topological polar surface area (TPSA) is 74.7 Å². The summed E-state index contributed by atoms with van der Waals surface area (Å²) in [6.07, 6.45) is 5.58. The van der Waals surface area contributed by atoms with Gasteiger partial charge in [-0.2, -0.15) is 0 Å². The van der Waals surface area contributed by atoms with Crippen LogP contribution in [0.15, 0.2) is 23.5 Å². The first-order valence-electron chi connectivity index (χ1n) is 6.43. The molecule has 0 aromatic carbocycles. The van der Waals surface area contributed by atoms with E-state index in [1.54, 1.807) is 12.3 Å². The van der Waals surface area contributed by atoms with Gasteiger partial charge in [0, 0.05) is 13.1 Å². The first-order valence-corrected chi connectivity index (χ1v) is 6.43. The lowest BCUT2D eigenvalue weighted by molar-refractivity contribution is 0.318. The van der Waals surface area contributed by atoms with Gasteiger partial charge in [0.2, 0.25) is 0 Å². The average molecular weight is 248 g/mol. The van der Waals surface area contributed by atoms with Crippen molar-refractivity contribution < 1.29 is 5.21 Å². The van der Waals surface area contributed by atoms with Crippen molar-refractivity contribution in [1.82, 2.24) is 4.98 Å². The highest BCUT2D eigenvalue weighted by Crippen LogP contribution is 2.24. The number of oxime groups is 1. The van der Waals surface area contributed by atoms with Gasteiger partial charge in [0.05, 0.1) is 11.9 Å². The molecule has 0 saturated carbocycles. The number of piperidine rings is 1. The monoisotopic (exact) mass is 248 g/mol. The normalized spacial score (nSPS) is 21.1. The third-order valence-corrected chi connectivity index (χ3v) is 3.58. The molecular formula is C13H20N4O. The summed E-state index contributed by atoms with van der Waals surface area (Å²) >= 11 is 0. The fraction of sp³-hybridized carbons (Fsp3) is 0.538. The van der Waals surface area contributed by atoms with Crippen LogP contribution in [0.2, 0.25) is 0 Å². The van der Waals surface area contributed by atoms with E-state index >= 15 is 0 Å². The molecule has 5 heteroatoms. The Labute approximate surface area is 107 Å². The Bertz CT molecular complexity index is 416. The molecule has 0 bridgehead atoms. The van der Waals surface area contributed by atoms with Crippen molar-refractivity contribution >= 4 is 11.5 Å². The molecule has 0 aliphatic carbocycles. The molecule has 1 aromatic heterocycles. The molecule has 5 nitrogen and oxygen atoms in total. The van der Waals surface area contributed by atoms with Crippen LogP contribution in [0, 0.1) is 5.92 Å². The Balaban J connectivity index is 2.09. The SMILES string of the molecule is CCC1CCCN(c2ccc(/C(N)=N/O)nc2)C1. The van der Waals surface area contributed by atoms with Crippen LogP contribution in [0.4, 0.5) is 5.69 Å². The molecule has 2 heterocycles. The van der Waals surface area contributed by atoms with Gasteiger partial charge >= 0.3 is 0 Å². The molecule has 0 radical (unpaired) electrons. The van der Waals surface area contributed by atoms with E-state index in [1.807, 2.05) is 6.07 Å². The molecular weight excluding hydrogens is 228 g/mol. The lowest BCUT2D eigenvalue weighted by Crippen LogP contribution is -2.35. The van der Waals surface area contributed by atoms with Crippen LogP contribution in [-0.4, -0.2) is 29.1 Å². The molecule has 1 aliphatic heterocycles. The van der Waals surface area contributed by atoms with Crippen LogP contribution in [0.25, 0.3) is 0 Å². The molecule has 2 rings (SSSR count). The Morgan fingerprint density at radius 3 is 3.06 bits per heavy atom. The number of nitrogens with zero attached hydrogens (tertiary/aromatic N) is 3. The summed E-state index contributed by atoms with van der Waals surface area (Å²) in [5.41, 5.74) is 7.11. The Kier molecular flexibility index (Phi) is 4.02. The van der Waals surface area contributed by atoms with E-state index in [-0.39, 0.29) is 5.84 Å². The minimum absolute atomic E-state index is 0.0478. The highest BCUT2D eigenvalue weighted by molar-refractivity contribution is 5.95. The van der Waals surface area contributed by atoms with E-state index in [4.69, 9.17) is 10.9 Å². The number of aromatic nitrogens is 1. The van der Waals surface area contributed by atoms with Crippen LogP contribution in [0.3, 0.4) is 0 Å². The summed E-state index contributed by atoms with van der Waals surface area (Å²) in [7, 11) is 0. The largest absolute Gasteiger partial charge is 0.409 e. The summed E-state index contributed by atoms with van der Waals surface area (Å²) in [5.74, 6) is 0.828. The second kappa shape index (κ2) is 5.71. The number of pyridine rings is 1. The molecule has 1 unspecified atom stereocenters. The van der Waals surface area contributed by atoms with E-state index in [2.05, 4.69) is 22.0 Å². The van der Waals surface area contributed by atoms with Crippen molar-refractivity contribution in [3.63, 3.8) is 0 Å². The first-order chi connectivity index (χ1) is 8.74. The van der Waals surface area contributed by atoms with Crippen LogP contribution < -0.4 is 10.6 Å². The van der Waals surface area contributed by atoms with E-state index in [0.717, 1.165) is 24.7 Å². The first kappa shape index (κ1) is 12.7. The minimum atomic E-state index is 0.0478. The molecule has 18 heavy (non-hydrogen) atoms. The van der Waals surface area contributed by atoms with Crippen LogP contribution in [0.1, 0.15) is 31.9 Å². The molecule has 1 fully saturated rings. The van der Waals surface area contributed by atoms with Crippen molar-refractivity contribution in [3.05, 3.63) is 24.0 Å². The fourth-order valence-corrected chi connectivity index (χ4v) is 2.41. The Morgan fingerprint density at radius 2 is 2.44 bits per heavy atom. The third-order valence-electron chi connectivity index (χ3n) is 3.58. The van der Waals surface area contributed by atoms with Gasteiger partial charge in [-0.3, -0.25) is 4.98 Å². The molecule has 3 N–H and O–H groups in total. The summed E-state index contributed by atoms with van der Waals surface area (Å²) in [4.78, 5) is 6.58. The summed E-state index contributed by atoms with van der Waals surface area (Å²) < 4.78 is 0. The predicted molar refractivity (Wildman–Crippen MR) is 72.0 cm³/mol. The smallest absolute Gasteiger partial charge is 0.188 e. The van der Waals surface area contributed by atoms with Crippen molar-refractivity contribution in [1.29, 1.82) is 0 Å². The Hall–Kier alpha value is -1.78. The Morgan fingerprint density at radius 1 is 1.61 bits per heavy atom. The standard InChI is InChI=1S/C13H20N4O/c1-2-10-4-3-7-17(9-10)11-5-6-12(15-8-11)13(14)16-18/h5-6,8,10,18H,2-4,7,9H2,1H3,(H2,14,16). The van der Waals surface area contributed by atoms with Gasteiger partial charge in [-0.05, 0) is 30.9 Å².